The van der Waals surface area contributed by atoms with Crippen LogP contribution in [-0.2, 0) is 5.41 Å². The Kier molecular flexibility index (Phi) is 4.55. The third-order valence-electron chi connectivity index (χ3n) is 6.19. The van der Waals surface area contributed by atoms with E-state index in [-0.39, 0.29) is 5.41 Å². The largest absolute Gasteiger partial charge is 0.367 e. The van der Waals surface area contributed by atoms with Crippen LogP contribution in [-0.4, -0.2) is 12.6 Å². The van der Waals surface area contributed by atoms with Crippen LogP contribution in [0.2, 0.25) is 0 Å². The number of hydrogen-bond donors (Lipinski definition) is 0. The molecule has 1 atom stereocenters. The van der Waals surface area contributed by atoms with Crippen molar-refractivity contribution in [2.45, 2.75) is 45.6 Å². The standard InChI is InChI=1S/C26H29N/c1-19-15-20(2)25(21(3)16-19)27-18-26(17-22(27)4,23-11-7-5-8-12-23)24-13-9-6-10-14-24/h5-16,22H,17-18H2,1-4H3. The number of aryl methyl sites for hydroxylation is 3. The molecule has 0 radical (unpaired) electrons. The van der Waals surface area contributed by atoms with Crippen molar-refractivity contribution in [2.75, 3.05) is 11.4 Å². The molecule has 1 fully saturated rings. The first-order valence-corrected chi connectivity index (χ1v) is 9.97. The molecule has 0 amide bonds. The van der Waals surface area contributed by atoms with Crippen molar-refractivity contribution in [1.29, 1.82) is 0 Å². The molecule has 0 N–H and O–H groups in total. The predicted octanol–water partition coefficient (Wildman–Crippen LogP) is 6.20. The summed E-state index contributed by atoms with van der Waals surface area (Å²) in [5.74, 6) is 0. The van der Waals surface area contributed by atoms with E-state index in [9.17, 15) is 0 Å². The summed E-state index contributed by atoms with van der Waals surface area (Å²) in [6.45, 7) is 10.1. The highest BCUT2D eigenvalue weighted by molar-refractivity contribution is 5.63. The van der Waals surface area contributed by atoms with Gasteiger partial charge in [-0.15, -0.1) is 0 Å². The van der Waals surface area contributed by atoms with Gasteiger partial charge in [0.05, 0.1) is 0 Å². The molecule has 0 aliphatic carbocycles. The van der Waals surface area contributed by atoms with Crippen LogP contribution < -0.4 is 4.90 Å². The second kappa shape index (κ2) is 6.88. The van der Waals surface area contributed by atoms with E-state index >= 15 is 0 Å². The van der Waals surface area contributed by atoms with E-state index in [0.29, 0.717) is 6.04 Å². The SMILES string of the molecule is Cc1cc(C)c(N2CC(c3ccccc3)(c3ccccc3)CC2C)c(C)c1. The number of nitrogens with zero attached hydrogens (tertiary/aromatic N) is 1. The summed E-state index contributed by atoms with van der Waals surface area (Å²) >= 11 is 0. The first kappa shape index (κ1) is 17.9. The highest BCUT2D eigenvalue weighted by atomic mass is 15.2. The zero-order valence-electron chi connectivity index (χ0n) is 16.9. The van der Waals surface area contributed by atoms with Gasteiger partial charge in [0.2, 0.25) is 0 Å². The van der Waals surface area contributed by atoms with Gasteiger partial charge in [-0.25, -0.2) is 0 Å². The van der Waals surface area contributed by atoms with Crippen LogP contribution in [0.25, 0.3) is 0 Å². The van der Waals surface area contributed by atoms with Gasteiger partial charge in [0.25, 0.3) is 0 Å². The van der Waals surface area contributed by atoms with Gasteiger partial charge in [-0.05, 0) is 56.4 Å². The molecule has 0 aromatic heterocycles. The van der Waals surface area contributed by atoms with Crippen LogP contribution in [0.3, 0.4) is 0 Å². The topological polar surface area (TPSA) is 3.24 Å². The van der Waals surface area contributed by atoms with E-state index in [2.05, 4.69) is 105 Å². The lowest BCUT2D eigenvalue weighted by atomic mass is 9.73. The van der Waals surface area contributed by atoms with Gasteiger partial charge in [0.15, 0.2) is 0 Å². The Morgan fingerprint density at radius 3 is 1.74 bits per heavy atom. The summed E-state index contributed by atoms with van der Waals surface area (Å²) in [5, 5.41) is 0. The average molecular weight is 356 g/mol. The molecule has 0 spiro atoms. The van der Waals surface area contributed by atoms with Gasteiger partial charge >= 0.3 is 0 Å². The van der Waals surface area contributed by atoms with Crippen LogP contribution >= 0.6 is 0 Å². The molecular weight excluding hydrogens is 326 g/mol. The quantitative estimate of drug-likeness (QED) is 0.541. The summed E-state index contributed by atoms with van der Waals surface area (Å²) in [4.78, 5) is 2.64. The van der Waals surface area contributed by atoms with Crippen LogP contribution in [0, 0.1) is 20.8 Å². The minimum Gasteiger partial charge on any atom is -0.367 e. The van der Waals surface area contributed by atoms with Gasteiger partial charge in [-0.3, -0.25) is 0 Å². The number of benzene rings is 3. The second-order valence-corrected chi connectivity index (χ2v) is 8.24. The minimum atomic E-state index is 0.0334. The Morgan fingerprint density at radius 1 is 0.778 bits per heavy atom. The molecule has 3 aromatic carbocycles. The molecule has 4 rings (SSSR count). The van der Waals surface area contributed by atoms with Crippen LogP contribution in [0.15, 0.2) is 72.8 Å². The summed E-state index contributed by atoms with van der Waals surface area (Å²) < 4.78 is 0. The summed E-state index contributed by atoms with van der Waals surface area (Å²) in [5.41, 5.74) is 8.42. The smallest absolute Gasteiger partial charge is 0.0428 e. The van der Waals surface area contributed by atoms with Crippen LogP contribution in [0.5, 0.6) is 0 Å². The molecule has 138 valence electrons. The molecule has 27 heavy (non-hydrogen) atoms. The van der Waals surface area contributed by atoms with Gasteiger partial charge in [0.1, 0.15) is 0 Å². The maximum Gasteiger partial charge on any atom is 0.0428 e. The molecule has 1 heterocycles. The third kappa shape index (κ3) is 3.06. The van der Waals surface area contributed by atoms with Gasteiger partial charge < -0.3 is 4.90 Å². The van der Waals surface area contributed by atoms with Gasteiger partial charge in [-0.2, -0.15) is 0 Å². The first-order chi connectivity index (χ1) is 13.0. The highest BCUT2D eigenvalue weighted by Gasteiger charge is 2.45. The van der Waals surface area contributed by atoms with Gasteiger partial charge in [0, 0.05) is 23.7 Å². The summed E-state index contributed by atoms with van der Waals surface area (Å²) in [6, 6.07) is 27.3. The van der Waals surface area contributed by atoms with Crippen molar-refractivity contribution in [3.8, 4) is 0 Å². The van der Waals surface area contributed by atoms with Crippen molar-refractivity contribution in [3.63, 3.8) is 0 Å². The maximum atomic E-state index is 2.64. The van der Waals surface area contributed by atoms with Crippen molar-refractivity contribution < 1.29 is 0 Å². The molecule has 1 saturated heterocycles. The zero-order valence-corrected chi connectivity index (χ0v) is 16.9. The molecule has 0 saturated carbocycles. The Labute approximate surface area is 163 Å². The monoisotopic (exact) mass is 355 g/mol. The first-order valence-electron chi connectivity index (χ1n) is 9.97. The summed E-state index contributed by atoms with van der Waals surface area (Å²) in [6.07, 6.45) is 1.13. The summed E-state index contributed by atoms with van der Waals surface area (Å²) in [7, 11) is 0. The van der Waals surface area contributed by atoms with Crippen molar-refractivity contribution in [3.05, 3.63) is 101 Å². The molecule has 3 aromatic rings. The van der Waals surface area contributed by atoms with E-state index in [4.69, 9.17) is 0 Å². The van der Waals surface area contributed by atoms with E-state index in [0.717, 1.165) is 13.0 Å². The zero-order chi connectivity index (χ0) is 19.0. The Hall–Kier alpha value is -2.54. The van der Waals surface area contributed by atoms with Crippen molar-refractivity contribution in [1.82, 2.24) is 0 Å². The molecule has 1 nitrogen and oxygen atoms in total. The van der Waals surface area contributed by atoms with Crippen molar-refractivity contribution in [2.24, 2.45) is 0 Å². The lowest BCUT2D eigenvalue weighted by Crippen LogP contribution is -2.33. The molecule has 1 aliphatic heterocycles. The highest BCUT2D eigenvalue weighted by Crippen LogP contribution is 2.46. The van der Waals surface area contributed by atoms with E-state index < -0.39 is 0 Å². The molecule has 1 aliphatic rings. The fraction of sp³-hybridized carbons (Fsp3) is 0.308. The third-order valence-corrected chi connectivity index (χ3v) is 6.19. The Bertz CT molecular complexity index is 864. The number of rotatable bonds is 3. The predicted molar refractivity (Wildman–Crippen MR) is 116 cm³/mol. The number of anilines is 1. The van der Waals surface area contributed by atoms with E-state index in [1.807, 2.05) is 0 Å². The maximum absolute atomic E-state index is 2.64. The Balaban J connectivity index is 1.85. The lowest BCUT2D eigenvalue weighted by Gasteiger charge is -2.32. The minimum absolute atomic E-state index is 0.0334. The fourth-order valence-corrected chi connectivity index (χ4v) is 5.15. The Morgan fingerprint density at radius 2 is 1.26 bits per heavy atom. The number of hydrogen-bond acceptors (Lipinski definition) is 1. The molecule has 1 unspecified atom stereocenters. The molecule has 1 heteroatoms. The van der Waals surface area contributed by atoms with Crippen LogP contribution in [0.4, 0.5) is 5.69 Å². The fourth-order valence-electron chi connectivity index (χ4n) is 5.15. The van der Waals surface area contributed by atoms with Crippen LogP contribution in [0.1, 0.15) is 41.2 Å². The average Bonchev–Trinajstić information content (AvgIpc) is 3.01. The molecular formula is C26H29N. The van der Waals surface area contributed by atoms with E-state index in [1.165, 1.54) is 33.5 Å². The normalized spacial score (nSPS) is 18.7. The second-order valence-electron chi connectivity index (χ2n) is 8.24. The van der Waals surface area contributed by atoms with Gasteiger partial charge in [-0.1, -0.05) is 78.4 Å². The van der Waals surface area contributed by atoms with Crippen molar-refractivity contribution >= 4 is 5.69 Å². The molecule has 0 bridgehead atoms. The van der Waals surface area contributed by atoms with E-state index in [1.54, 1.807) is 0 Å². The lowest BCUT2D eigenvalue weighted by molar-refractivity contribution is 0.555.